The zero-order chi connectivity index (χ0) is 18.1. The van der Waals surface area contributed by atoms with E-state index in [-0.39, 0.29) is 11.6 Å². The van der Waals surface area contributed by atoms with Gasteiger partial charge in [0.2, 0.25) is 0 Å². The Hall–Kier alpha value is -3.08. The van der Waals surface area contributed by atoms with E-state index in [0.717, 1.165) is 5.56 Å². The number of carbonyl (C=O) groups is 2. The van der Waals surface area contributed by atoms with Crippen LogP contribution < -0.4 is 10.1 Å². The van der Waals surface area contributed by atoms with Crippen molar-refractivity contribution in [2.45, 2.75) is 13.3 Å². The largest absolute Gasteiger partial charge is 0.497 e. The Morgan fingerprint density at radius 3 is 2.32 bits per heavy atom. The minimum atomic E-state index is -0.568. The van der Waals surface area contributed by atoms with Gasteiger partial charge in [0.15, 0.2) is 0 Å². The maximum absolute atomic E-state index is 12.3. The van der Waals surface area contributed by atoms with Crippen LogP contribution >= 0.6 is 0 Å². The summed E-state index contributed by atoms with van der Waals surface area (Å²) < 4.78 is 10.3. The summed E-state index contributed by atoms with van der Waals surface area (Å²) in [6.45, 7) is 2.20. The molecule has 0 aromatic heterocycles. The molecule has 2 aromatic rings. The van der Waals surface area contributed by atoms with Gasteiger partial charge in [0.25, 0.3) is 5.91 Å². The molecule has 5 heteroatoms. The zero-order valence-electron chi connectivity index (χ0n) is 14.3. The predicted octanol–water partition coefficient (Wildman–Crippen LogP) is 3.42. The Balaban J connectivity index is 2.23. The summed E-state index contributed by atoms with van der Waals surface area (Å²) >= 11 is 0. The zero-order valence-corrected chi connectivity index (χ0v) is 14.3. The summed E-state index contributed by atoms with van der Waals surface area (Å²) in [6.07, 6.45) is 2.28. The molecular weight excluding hydrogens is 318 g/mol. The fraction of sp³-hybridized carbons (Fsp3) is 0.200. The van der Waals surface area contributed by atoms with Gasteiger partial charge in [0.1, 0.15) is 11.4 Å². The van der Waals surface area contributed by atoms with Crippen molar-refractivity contribution in [3.63, 3.8) is 0 Å². The molecule has 0 aliphatic rings. The van der Waals surface area contributed by atoms with Gasteiger partial charge in [-0.1, -0.05) is 37.3 Å². The smallest absolute Gasteiger partial charge is 0.354 e. The van der Waals surface area contributed by atoms with E-state index in [1.54, 1.807) is 61.7 Å². The van der Waals surface area contributed by atoms with E-state index in [4.69, 9.17) is 9.47 Å². The fourth-order valence-corrected chi connectivity index (χ4v) is 2.07. The summed E-state index contributed by atoms with van der Waals surface area (Å²) in [5.74, 6) is -0.226. The highest BCUT2D eigenvalue weighted by Crippen LogP contribution is 2.14. The third-order valence-electron chi connectivity index (χ3n) is 3.37. The van der Waals surface area contributed by atoms with Crippen LogP contribution in [0.2, 0.25) is 0 Å². The standard InChI is InChI=1S/C20H21NO4/c1-3-13-25-20(23)18(14-15-9-11-17(24-2)12-10-15)21-19(22)16-7-5-4-6-8-16/h4-12,14H,3,13H2,1-2H3,(H,21,22). The first kappa shape index (κ1) is 18.3. The molecule has 0 fully saturated rings. The molecule has 0 aliphatic carbocycles. The number of ether oxygens (including phenoxy) is 2. The van der Waals surface area contributed by atoms with Crippen LogP contribution in [0.5, 0.6) is 5.75 Å². The quantitative estimate of drug-likeness (QED) is 0.620. The molecule has 25 heavy (non-hydrogen) atoms. The molecule has 0 saturated heterocycles. The van der Waals surface area contributed by atoms with E-state index in [1.165, 1.54) is 0 Å². The Bertz CT molecular complexity index is 736. The number of esters is 1. The second-order valence-corrected chi connectivity index (χ2v) is 5.29. The molecule has 0 heterocycles. The van der Waals surface area contributed by atoms with E-state index in [1.807, 2.05) is 13.0 Å². The van der Waals surface area contributed by atoms with Crippen molar-refractivity contribution in [1.29, 1.82) is 0 Å². The second-order valence-electron chi connectivity index (χ2n) is 5.29. The van der Waals surface area contributed by atoms with Crippen LogP contribution in [-0.4, -0.2) is 25.6 Å². The number of hydrogen-bond acceptors (Lipinski definition) is 4. The number of methoxy groups -OCH3 is 1. The third-order valence-corrected chi connectivity index (χ3v) is 3.37. The summed E-state index contributed by atoms with van der Waals surface area (Å²) in [4.78, 5) is 24.6. The Morgan fingerprint density at radius 1 is 1.04 bits per heavy atom. The first-order chi connectivity index (χ1) is 12.1. The maximum atomic E-state index is 12.3. The molecule has 0 spiro atoms. The predicted molar refractivity (Wildman–Crippen MR) is 96.1 cm³/mol. The molecule has 1 N–H and O–H groups in total. The van der Waals surface area contributed by atoms with Gasteiger partial charge in [-0.3, -0.25) is 4.79 Å². The lowest BCUT2D eigenvalue weighted by Crippen LogP contribution is -2.28. The van der Waals surface area contributed by atoms with Crippen LogP contribution in [0.25, 0.3) is 6.08 Å². The number of hydrogen-bond donors (Lipinski definition) is 1. The number of benzene rings is 2. The lowest BCUT2D eigenvalue weighted by molar-refractivity contribution is -0.139. The van der Waals surface area contributed by atoms with Crippen molar-refractivity contribution in [1.82, 2.24) is 5.32 Å². The average molecular weight is 339 g/mol. The van der Waals surface area contributed by atoms with Gasteiger partial charge >= 0.3 is 5.97 Å². The molecule has 0 radical (unpaired) electrons. The Morgan fingerprint density at radius 2 is 1.72 bits per heavy atom. The van der Waals surface area contributed by atoms with Crippen LogP contribution in [0, 0.1) is 0 Å². The van der Waals surface area contributed by atoms with Crippen LogP contribution in [0.15, 0.2) is 60.3 Å². The van der Waals surface area contributed by atoms with Crippen molar-refractivity contribution < 1.29 is 19.1 Å². The number of nitrogens with one attached hydrogen (secondary N) is 1. The van der Waals surface area contributed by atoms with E-state index < -0.39 is 5.97 Å². The molecule has 0 aliphatic heterocycles. The monoisotopic (exact) mass is 339 g/mol. The summed E-state index contributed by atoms with van der Waals surface area (Å²) in [7, 11) is 1.58. The normalized spacial score (nSPS) is 10.9. The van der Waals surface area contributed by atoms with Gasteiger partial charge in [-0.15, -0.1) is 0 Å². The van der Waals surface area contributed by atoms with Crippen molar-refractivity contribution in [3.8, 4) is 5.75 Å². The van der Waals surface area contributed by atoms with Gasteiger partial charge in [0.05, 0.1) is 13.7 Å². The maximum Gasteiger partial charge on any atom is 0.354 e. The van der Waals surface area contributed by atoms with E-state index in [9.17, 15) is 9.59 Å². The Kier molecular flexibility index (Phi) is 6.77. The van der Waals surface area contributed by atoms with Crippen molar-refractivity contribution in [2.75, 3.05) is 13.7 Å². The topological polar surface area (TPSA) is 64.6 Å². The molecule has 0 atom stereocenters. The molecule has 2 rings (SSSR count). The molecule has 0 bridgehead atoms. The van der Waals surface area contributed by atoms with Gasteiger partial charge in [-0.05, 0) is 42.3 Å². The Labute approximate surface area is 147 Å². The molecule has 0 unspecified atom stereocenters. The first-order valence-electron chi connectivity index (χ1n) is 8.03. The van der Waals surface area contributed by atoms with Crippen molar-refractivity contribution >= 4 is 18.0 Å². The van der Waals surface area contributed by atoms with Crippen molar-refractivity contribution in [3.05, 3.63) is 71.4 Å². The highest BCUT2D eigenvalue weighted by molar-refractivity contribution is 6.03. The minimum absolute atomic E-state index is 0.0902. The van der Waals surface area contributed by atoms with Crippen LogP contribution in [0.4, 0.5) is 0 Å². The van der Waals surface area contributed by atoms with Gasteiger partial charge < -0.3 is 14.8 Å². The highest BCUT2D eigenvalue weighted by Gasteiger charge is 2.15. The highest BCUT2D eigenvalue weighted by atomic mass is 16.5. The molecule has 1 amide bonds. The van der Waals surface area contributed by atoms with Crippen molar-refractivity contribution in [2.24, 2.45) is 0 Å². The fourth-order valence-electron chi connectivity index (χ4n) is 2.07. The summed E-state index contributed by atoms with van der Waals surface area (Å²) in [6, 6.07) is 15.8. The molecule has 0 saturated carbocycles. The number of amides is 1. The van der Waals surface area contributed by atoms with Gasteiger partial charge in [0, 0.05) is 5.56 Å². The third kappa shape index (κ3) is 5.49. The van der Waals surface area contributed by atoms with Crippen LogP contribution in [-0.2, 0) is 9.53 Å². The summed E-state index contributed by atoms with van der Waals surface area (Å²) in [5.41, 5.74) is 1.30. The van der Waals surface area contributed by atoms with E-state index >= 15 is 0 Å². The minimum Gasteiger partial charge on any atom is -0.497 e. The molecular formula is C20H21NO4. The number of carbonyl (C=O) groups excluding carboxylic acids is 2. The summed E-state index contributed by atoms with van der Waals surface area (Å²) in [5, 5.41) is 2.64. The first-order valence-corrected chi connectivity index (χ1v) is 8.03. The van der Waals surface area contributed by atoms with Gasteiger partial charge in [-0.2, -0.15) is 0 Å². The van der Waals surface area contributed by atoms with Crippen LogP contribution in [0.1, 0.15) is 29.3 Å². The average Bonchev–Trinajstić information content (AvgIpc) is 2.66. The molecule has 2 aromatic carbocycles. The van der Waals surface area contributed by atoms with Crippen LogP contribution in [0.3, 0.4) is 0 Å². The van der Waals surface area contributed by atoms with Gasteiger partial charge in [-0.25, -0.2) is 4.79 Å². The second kappa shape index (κ2) is 9.27. The van der Waals surface area contributed by atoms with E-state index in [0.29, 0.717) is 24.3 Å². The van der Waals surface area contributed by atoms with E-state index in [2.05, 4.69) is 5.32 Å². The SMILES string of the molecule is CCCOC(=O)C(=Cc1ccc(OC)cc1)NC(=O)c1ccccc1. The lowest BCUT2D eigenvalue weighted by Gasteiger charge is -2.10. The lowest BCUT2D eigenvalue weighted by atomic mass is 10.1. The molecule has 5 nitrogen and oxygen atoms in total. The molecule has 130 valence electrons. The number of rotatable bonds is 7.